The smallest absolute Gasteiger partial charge is 0.328 e. The summed E-state index contributed by atoms with van der Waals surface area (Å²) in [5.74, 6) is -1.89. The molecule has 14 heavy (non-hydrogen) atoms. The second-order valence-electron chi connectivity index (χ2n) is 3.24. The molecule has 0 saturated heterocycles. The summed E-state index contributed by atoms with van der Waals surface area (Å²) in [6.45, 7) is 1.29. The van der Waals surface area contributed by atoms with E-state index in [9.17, 15) is 9.18 Å². The molecule has 0 saturated carbocycles. The first kappa shape index (κ1) is 10.5. The number of carboxylic acids is 1. The Balaban J connectivity index is 3.21. The summed E-state index contributed by atoms with van der Waals surface area (Å²) in [4.78, 5) is 10.7. The van der Waals surface area contributed by atoms with Gasteiger partial charge in [-0.15, -0.1) is 0 Å². The van der Waals surface area contributed by atoms with Gasteiger partial charge in [-0.2, -0.15) is 0 Å². The van der Waals surface area contributed by atoms with Gasteiger partial charge in [-0.1, -0.05) is 6.07 Å². The Labute approximate surface area is 80.3 Å². The summed E-state index contributed by atoms with van der Waals surface area (Å²) >= 11 is 0. The summed E-state index contributed by atoms with van der Waals surface area (Å²) < 4.78 is 13.0. The van der Waals surface area contributed by atoms with Crippen LogP contribution in [0.4, 0.5) is 10.1 Å². The van der Waals surface area contributed by atoms with Gasteiger partial charge in [0.05, 0.1) is 5.69 Å². The molecule has 0 unspecified atom stereocenters. The molecule has 0 radical (unpaired) electrons. The Morgan fingerprint density at radius 3 is 2.57 bits per heavy atom. The van der Waals surface area contributed by atoms with Crippen molar-refractivity contribution in [2.24, 2.45) is 5.73 Å². The largest absolute Gasteiger partial charge is 0.480 e. The molecule has 0 aliphatic carbocycles. The normalized spacial score (nSPS) is 14.8. The van der Waals surface area contributed by atoms with Gasteiger partial charge < -0.3 is 16.6 Å². The highest BCUT2D eigenvalue weighted by Crippen LogP contribution is 2.21. The standard InChI is InChI=1S/C9H11FN2O2/c1-9(12,8(13)14)5-2-3-7(11)6(10)4-5/h2-4H,11-12H2,1H3,(H,13,14)/t9-/m1/s1. The van der Waals surface area contributed by atoms with Crippen LogP contribution in [0.25, 0.3) is 0 Å². The number of halogens is 1. The van der Waals surface area contributed by atoms with Gasteiger partial charge in [-0.25, -0.2) is 9.18 Å². The number of aliphatic carboxylic acids is 1. The van der Waals surface area contributed by atoms with E-state index in [1.807, 2.05) is 0 Å². The molecule has 0 aromatic heterocycles. The van der Waals surface area contributed by atoms with Gasteiger partial charge in [0.1, 0.15) is 11.4 Å². The third-order valence-electron chi connectivity index (χ3n) is 2.04. The van der Waals surface area contributed by atoms with Crippen LogP contribution >= 0.6 is 0 Å². The predicted molar refractivity (Wildman–Crippen MR) is 50.0 cm³/mol. The SMILES string of the molecule is C[C@](N)(C(=O)O)c1ccc(N)c(F)c1. The maximum absolute atomic E-state index is 13.0. The number of nitrogen functional groups attached to an aromatic ring is 1. The third kappa shape index (κ3) is 1.67. The van der Waals surface area contributed by atoms with Crippen LogP contribution in [0.5, 0.6) is 0 Å². The third-order valence-corrected chi connectivity index (χ3v) is 2.04. The number of benzene rings is 1. The number of hydrogen-bond acceptors (Lipinski definition) is 3. The topological polar surface area (TPSA) is 89.3 Å². The second-order valence-corrected chi connectivity index (χ2v) is 3.24. The summed E-state index contributed by atoms with van der Waals surface area (Å²) in [5.41, 5.74) is 9.28. The molecular formula is C9H11FN2O2. The van der Waals surface area contributed by atoms with E-state index in [0.717, 1.165) is 6.07 Å². The lowest BCUT2D eigenvalue weighted by atomic mass is 9.93. The van der Waals surface area contributed by atoms with Crippen LogP contribution in [0.15, 0.2) is 18.2 Å². The van der Waals surface area contributed by atoms with Crippen LogP contribution < -0.4 is 11.5 Å². The fourth-order valence-corrected chi connectivity index (χ4v) is 0.974. The molecule has 1 rings (SSSR count). The molecule has 1 aromatic carbocycles. The molecule has 0 bridgehead atoms. The van der Waals surface area contributed by atoms with Crippen molar-refractivity contribution in [3.05, 3.63) is 29.6 Å². The predicted octanol–water partition coefficient (Wildman–Crippen LogP) is 0.666. The summed E-state index contributed by atoms with van der Waals surface area (Å²) in [7, 11) is 0. The number of anilines is 1. The number of nitrogens with two attached hydrogens (primary N) is 2. The molecule has 0 aliphatic heterocycles. The highest BCUT2D eigenvalue weighted by Gasteiger charge is 2.30. The van der Waals surface area contributed by atoms with E-state index < -0.39 is 17.3 Å². The zero-order valence-electron chi connectivity index (χ0n) is 7.62. The Kier molecular flexibility index (Phi) is 2.44. The van der Waals surface area contributed by atoms with E-state index in [-0.39, 0.29) is 11.3 Å². The van der Waals surface area contributed by atoms with E-state index >= 15 is 0 Å². The van der Waals surface area contributed by atoms with Gasteiger partial charge in [0.25, 0.3) is 0 Å². The molecule has 5 N–H and O–H groups in total. The fraction of sp³-hybridized carbons (Fsp3) is 0.222. The average Bonchev–Trinajstić information content (AvgIpc) is 2.09. The first-order valence-corrected chi connectivity index (χ1v) is 3.93. The molecule has 4 nitrogen and oxygen atoms in total. The minimum atomic E-state index is -1.60. The quantitative estimate of drug-likeness (QED) is 0.609. The van der Waals surface area contributed by atoms with Crippen molar-refractivity contribution in [3.63, 3.8) is 0 Å². The minimum absolute atomic E-state index is 0.0325. The van der Waals surface area contributed by atoms with Crippen molar-refractivity contribution in [2.75, 3.05) is 5.73 Å². The first-order valence-electron chi connectivity index (χ1n) is 3.93. The average molecular weight is 198 g/mol. The molecule has 0 aliphatic rings. The van der Waals surface area contributed by atoms with Crippen molar-refractivity contribution >= 4 is 11.7 Å². The van der Waals surface area contributed by atoms with Gasteiger partial charge in [-0.05, 0) is 24.6 Å². The van der Waals surface area contributed by atoms with Gasteiger partial charge in [0.2, 0.25) is 0 Å². The molecular weight excluding hydrogens is 187 g/mol. The van der Waals surface area contributed by atoms with Gasteiger partial charge >= 0.3 is 5.97 Å². The van der Waals surface area contributed by atoms with Gasteiger partial charge in [0.15, 0.2) is 0 Å². The van der Waals surface area contributed by atoms with Gasteiger partial charge in [0, 0.05) is 0 Å². The lowest BCUT2D eigenvalue weighted by Gasteiger charge is -2.19. The molecule has 0 fully saturated rings. The number of carboxylic acid groups (broad SMARTS) is 1. The van der Waals surface area contributed by atoms with Crippen molar-refractivity contribution < 1.29 is 14.3 Å². The zero-order chi connectivity index (χ0) is 10.9. The number of carbonyl (C=O) groups is 1. The molecule has 1 atom stereocenters. The number of hydrogen-bond donors (Lipinski definition) is 3. The Morgan fingerprint density at radius 1 is 1.57 bits per heavy atom. The molecule has 5 heteroatoms. The molecule has 1 aromatic rings. The van der Waals surface area contributed by atoms with Crippen LogP contribution in [0.1, 0.15) is 12.5 Å². The van der Waals surface area contributed by atoms with Crippen LogP contribution in [0.2, 0.25) is 0 Å². The molecule has 0 amide bonds. The lowest BCUT2D eigenvalue weighted by molar-refractivity contribution is -0.143. The van der Waals surface area contributed by atoms with E-state index in [1.54, 1.807) is 0 Å². The van der Waals surface area contributed by atoms with E-state index in [1.165, 1.54) is 19.1 Å². The Morgan fingerprint density at radius 2 is 2.14 bits per heavy atom. The van der Waals surface area contributed by atoms with Crippen LogP contribution in [0.3, 0.4) is 0 Å². The summed E-state index contributed by atoms with van der Waals surface area (Å²) in [5, 5.41) is 8.78. The molecule has 0 heterocycles. The van der Waals surface area contributed by atoms with Crippen LogP contribution in [0, 0.1) is 5.82 Å². The van der Waals surface area contributed by atoms with E-state index in [2.05, 4.69) is 0 Å². The summed E-state index contributed by atoms with van der Waals surface area (Å²) in [6.07, 6.45) is 0. The number of rotatable bonds is 2. The highest BCUT2D eigenvalue weighted by molar-refractivity contribution is 5.80. The second kappa shape index (κ2) is 3.26. The molecule has 76 valence electrons. The minimum Gasteiger partial charge on any atom is -0.480 e. The lowest BCUT2D eigenvalue weighted by Crippen LogP contribution is -2.41. The van der Waals surface area contributed by atoms with Crippen LogP contribution in [-0.2, 0) is 10.3 Å². The Bertz CT molecular complexity index is 377. The van der Waals surface area contributed by atoms with Crippen LogP contribution in [-0.4, -0.2) is 11.1 Å². The van der Waals surface area contributed by atoms with Crippen molar-refractivity contribution in [3.8, 4) is 0 Å². The Hall–Kier alpha value is -1.62. The highest BCUT2D eigenvalue weighted by atomic mass is 19.1. The fourth-order valence-electron chi connectivity index (χ4n) is 0.974. The van der Waals surface area contributed by atoms with E-state index in [0.29, 0.717) is 0 Å². The molecule has 0 spiro atoms. The first-order chi connectivity index (χ1) is 6.35. The zero-order valence-corrected chi connectivity index (χ0v) is 7.62. The van der Waals surface area contributed by atoms with Crippen molar-refractivity contribution in [1.29, 1.82) is 0 Å². The van der Waals surface area contributed by atoms with Crippen molar-refractivity contribution in [1.82, 2.24) is 0 Å². The maximum Gasteiger partial charge on any atom is 0.328 e. The monoisotopic (exact) mass is 198 g/mol. The summed E-state index contributed by atoms with van der Waals surface area (Å²) in [6, 6.07) is 3.72. The maximum atomic E-state index is 13.0. The van der Waals surface area contributed by atoms with Gasteiger partial charge in [-0.3, -0.25) is 0 Å². The van der Waals surface area contributed by atoms with Crippen molar-refractivity contribution in [2.45, 2.75) is 12.5 Å². The van der Waals surface area contributed by atoms with E-state index in [4.69, 9.17) is 16.6 Å².